The minimum absolute atomic E-state index is 0.0599. The number of pyridine rings is 1. The fourth-order valence-corrected chi connectivity index (χ4v) is 3.47. The number of nitrogens with zero attached hydrogens (tertiary/aromatic N) is 3. The van der Waals surface area contributed by atoms with Crippen molar-refractivity contribution in [2.24, 2.45) is 0 Å². The van der Waals surface area contributed by atoms with Gasteiger partial charge in [0.2, 0.25) is 0 Å². The third kappa shape index (κ3) is 3.09. The number of aromatic carboxylic acids is 1. The number of fused-ring (bicyclic) bond motifs is 1. The Hall–Kier alpha value is -1.92. The first-order valence-corrected chi connectivity index (χ1v) is 8.17. The minimum Gasteiger partial charge on any atom is -0.543 e. The molecule has 1 saturated heterocycles. The van der Waals surface area contributed by atoms with E-state index in [0.717, 1.165) is 31.5 Å². The van der Waals surface area contributed by atoms with Crippen molar-refractivity contribution < 1.29 is 14.8 Å². The van der Waals surface area contributed by atoms with Crippen molar-refractivity contribution in [3.05, 3.63) is 35.3 Å². The number of likely N-dealkylation sites (tertiary alicyclic amines) is 1. The molecule has 0 unspecified atom stereocenters. The zero-order valence-electron chi connectivity index (χ0n) is 14.0. The van der Waals surface area contributed by atoms with Crippen molar-refractivity contribution >= 4 is 11.6 Å². The Morgan fingerprint density at radius 1 is 1.48 bits per heavy atom. The van der Waals surface area contributed by atoms with Crippen LogP contribution in [0.2, 0.25) is 0 Å². The first-order chi connectivity index (χ1) is 11.0. The van der Waals surface area contributed by atoms with Crippen LogP contribution >= 0.6 is 0 Å². The Balaban J connectivity index is 1.91. The number of hydrogen-bond acceptors (Lipinski definition) is 4. The molecule has 0 atom stereocenters. The van der Waals surface area contributed by atoms with Gasteiger partial charge in [0, 0.05) is 31.6 Å². The molecule has 3 heterocycles. The molecule has 0 radical (unpaired) electrons. The predicted molar refractivity (Wildman–Crippen MR) is 85.4 cm³/mol. The fraction of sp³-hybridized carbons (Fsp3) is 0.529. The first-order valence-electron chi connectivity index (χ1n) is 8.17. The Kier molecular flexibility index (Phi) is 4.37. The van der Waals surface area contributed by atoms with Crippen LogP contribution in [-0.2, 0) is 6.54 Å². The van der Waals surface area contributed by atoms with Gasteiger partial charge in [-0.1, -0.05) is 6.07 Å². The third-order valence-corrected chi connectivity index (χ3v) is 4.97. The highest BCUT2D eigenvalue weighted by atomic mass is 16.4. The lowest BCUT2D eigenvalue weighted by atomic mass is 10.0. The minimum atomic E-state index is -1.20. The standard InChI is InChI=1S/C17H24N4O2/c1-12-5-4-8-21-14(15(17(22)23)18-16(12)21)11-20(3)13-6-9-19(2)10-7-13/h4-5,8,13H,6-7,9-11H2,1-3H3,(H,22,23). The zero-order chi connectivity index (χ0) is 16.6. The van der Waals surface area contributed by atoms with Crippen LogP contribution in [0.5, 0.6) is 0 Å². The molecule has 6 nitrogen and oxygen atoms in total. The monoisotopic (exact) mass is 316 g/mol. The van der Waals surface area contributed by atoms with Crippen molar-refractivity contribution in [3.8, 4) is 0 Å². The van der Waals surface area contributed by atoms with Crippen LogP contribution in [0, 0.1) is 6.92 Å². The Morgan fingerprint density at radius 3 is 2.83 bits per heavy atom. The summed E-state index contributed by atoms with van der Waals surface area (Å²) in [6.45, 7) is 4.83. The number of aromatic nitrogens is 2. The summed E-state index contributed by atoms with van der Waals surface area (Å²) in [5, 5.41) is 11.5. The molecule has 2 aromatic rings. The molecule has 124 valence electrons. The highest BCUT2D eigenvalue weighted by Gasteiger charge is 2.25. The van der Waals surface area contributed by atoms with E-state index in [0.29, 0.717) is 23.9 Å². The molecule has 0 amide bonds. The number of imidazole rings is 1. The largest absolute Gasteiger partial charge is 0.543 e. The van der Waals surface area contributed by atoms with E-state index < -0.39 is 5.97 Å². The number of piperidine rings is 1. The van der Waals surface area contributed by atoms with Gasteiger partial charge in [-0.25, -0.2) is 4.98 Å². The van der Waals surface area contributed by atoms with Crippen molar-refractivity contribution in [1.29, 1.82) is 0 Å². The SMILES string of the molecule is Cc1cccn2c(CN(C)C3CC[NH+](C)CC3)c(C(=O)[O-])nc12. The van der Waals surface area contributed by atoms with E-state index in [9.17, 15) is 9.90 Å². The number of rotatable bonds is 4. The maximum absolute atomic E-state index is 11.5. The number of carbonyl (C=O) groups is 1. The van der Waals surface area contributed by atoms with Crippen molar-refractivity contribution in [2.75, 3.05) is 27.2 Å². The first kappa shape index (κ1) is 16.0. The van der Waals surface area contributed by atoms with Crippen LogP contribution in [0.25, 0.3) is 5.65 Å². The molecule has 0 bridgehead atoms. The second-order valence-electron chi connectivity index (χ2n) is 6.68. The summed E-state index contributed by atoms with van der Waals surface area (Å²) < 4.78 is 1.89. The predicted octanol–water partition coefficient (Wildman–Crippen LogP) is -0.885. The average Bonchev–Trinajstić information content (AvgIpc) is 2.88. The number of nitrogens with one attached hydrogen (secondary N) is 1. The van der Waals surface area contributed by atoms with Crippen LogP contribution in [0.3, 0.4) is 0 Å². The Labute approximate surface area is 136 Å². The normalized spacial score (nSPS) is 21.9. The highest BCUT2D eigenvalue weighted by molar-refractivity contribution is 5.86. The summed E-state index contributed by atoms with van der Waals surface area (Å²) in [6.07, 6.45) is 4.15. The van der Waals surface area contributed by atoms with Gasteiger partial charge in [0.25, 0.3) is 0 Å². The van der Waals surface area contributed by atoms with Gasteiger partial charge in [-0.2, -0.15) is 0 Å². The second-order valence-corrected chi connectivity index (χ2v) is 6.68. The van der Waals surface area contributed by atoms with E-state index >= 15 is 0 Å². The number of carbonyl (C=O) groups excluding carboxylic acids is 1. The fourth-order valence-electron chi connectivity index (χ4n) is 3.47. The van der Waals surface area contributed by atoms with Gasteiger partial charge in [0.1, 0.15) is 11.3 Å². The van der Waals surface area contributed by atoms with Crippen molar-refractivity contribution in [1.82, 2.24) is 14.3 Å². The summed E-state index contributed by atoms with van der Waals surface area (Å²) in [4.78, 5) is 19.6. The molecule has 2 aromatic heterocycles. The molecule has 1 fully saturated rings. The molecular weight excluding hydrogens is 292 g/mol. The van der Waals surface area contributed by atoms with E-state index in [1.165, 1.54) is 0 Å². The molecule has 0 saturated carbocycles. The summed E-state index contributed by atoms with van der Waals surface area (Å²) in [5.74, 6) is -1.20. The summed E-state index contributed by atoms with van der Waals surface area (Å²) in [5.41, 5.74) is 2.43. The van der Waals surface area contributed by atoms with Crippen LogP contribution < -0.4 is 10.0 Å². The summed E-state index contributed by atoms with van der Waals surface area (Å²) in [6, 6.07) is 4.35. The molecule has 3 rings (SSSR count). The lowest BCUT2D eigenvalue weighted by Crippen LogP contribution is -3.10. The lowest BCUT2D eigenvalue weighted by molar-refractivity contribution is -0.885. The number of carboxylic acid groups (broad SMARTS) is 1. The van der Waals surface area contributed by atoms with Gasteiger partial charge in [-0.05, 0) is 25.6 Å². The maximum atomic E-state index is 11.5. The number of quaternary nitrogens is 1. The van der Waals surface area contributed by atoms with Crippen molar-refractivity contribution in [3.63, 3.8) is 0 Å². The van der Waals surface area contributed by atoms with E-state index in [-0.39, 0.29) is 5.69 Å². The molecule has 1 aliphatic rings. The van der Waals surface area contributed by atoms with E-state index in [4.69, 9.17) is 0 Å². The van der Waals surface area contributed by atoms with E-state index in [1.54, 1.807) is 4.90 Å². The summed E-state index contributed by atoms with van der Waals surface area (Å²) in [7, 11) is 4.29. The van der Waals surface area contributed by atoms with Crippen LogP contribution in [-0.4, -0.2) is 53.5 Å². The van der Waals surface area contributed by atoms with Gasteiger partial charge in [-0.3, -0.25) is 4.90 Å². The third-order valence-electron chi connectivity index (χ3n) is 4.97. The molecule has 0 aliphatic carbocycles. The van der Waals surface area contributed by atoms with Gasteiger partial charge in [0.15, 0.2) is 0 Å². The maximum Gasteiger partial charge on any atom is 0.140 e. The van der Waals surface area contributed by atoms with Crippen LogP contribution in [0.15, 0.2) is 18.3 Å². The van der Waals surface area contributed by atoms with E-state index in [2.05, 4.69) is 24.0 Å². The topological polar surface area (TPSA) is 65.1 Å². The van der Waals surface area contributed by atoms with Gasteiger partial charge in [-0.15, -0.1) is 0 Å². The Morgan fingerprint density at radius 2 is 2.17 bits per heavy atom. The second kappa shape index (κ2) is 6.29. The van der Waals surface area contributed by atoms with Crippen LogP contribution in [0.4, 0.5) is 0 Å². The number of hydrogen-bond donors (Lipinski definition) is 1. The molecule has 1 N–H and O–H groups in total. The molecule has 1 aliphatic heterocycles. The summed E-state index contributed by atoms with van der Waals surface area (Å²) >= 11 is 0. The van der Waals surface area contributed by atoms with Gasteiger partial charge in [0.05, 0.1) is 31.8 Å². The van der Waals surface area contributed by atoms with Gasteiger partial charge >= 0.3 is 0 Å². The van der Waals surface area contributed by atoms with Gasteiger partial charge < -0.3 is 19.2 Å². The molecule has 6 heteroatoms. The lowest BCUT2D eigenvalue weighted by Gasteiger charge is -2.33. The molecular formula is C17H24N4O2. The van der Waals surface area contributed by atoms with Crippen molar-refractivity contribution in [2.45, 2.75) is 32.4 Å². The smallest absolute Gasteiger partial charge is 0.140 e. The highest BCUT2D eigenvalue weighted by Crippen LogP contribution is 2.19. The Bertz CT molecular complexity index is 717. The number of carboxylic acids is 1. The zero-order valence-corrected chi connectivity index (χ0v) is 14.0. The number of aryl methyl sites for hydroxylation is 1. The molecule has 0 spiro atoms. The average molecular weight is 316 g/mol. The molecule has 23 heavy (non-hydrogen) atoms. The quantitative estimate of drug-likeness (QED) is 0.795. The molecule has 0 aromatic carbocycles. The van der Waals surface area contributed by atoms with E-state index in [1.807, 2.05) is 29.7 Å². The van der Waals surface area contributed by atoms with Crippen LogP contribution in [0.1, 0.15) is 34.6 Å².